The van der Waals surface area contributed by atoms with Gasteiger partial charge in [-0.05, 0) is 23.9 Å². The molecule has 0 aliphatic carbocycles. The first-order valence-electron chi connectivity index (χ1n) is 6.43. The molecule has 1 aliphatic rings. The Balaban J connectivity index is 2.01. The molecule has 4 rings (SSSR count). The van der Waals surface area contributed by atoms with E-state index in [2.05, 4.69) is 59.9 Å². The van der Waals surface area contributed by atoms with Crippen molar-refractivity contribution in [3.8, 4) is 0 Å². The van der Waals surface area contributed by atoms with E-state index < -0.39 is 0 Å². The highest BCUT2D eigenvalue weighted by Crippen LogP contribution is 2.38. The predicted octanol–water partition coefficient (Wildman–Crippen LogP) is 4.77. The van der Waals surface area contributed by atoms with Crippen LogP contribution in [0.25, 0.3) is 20.2 Å². The van der Waals surface area contributed by atoms with Crippen molar-refractivity contribution in [2.24, 2.45) is 0 Å². The molecule has 0 bridgehead atoms. The van der Waals surface area contributed by atoms with E-state index in [0.29, 0.717) is 0 Å². The summed E-state index contributed by atoms with van der Waals surface area (Å²) in [7, 11) is 0. The Hall–Kier alpha value is -2.06. The van der Waals surface area contributed by atoms with Crippen LogP contribution < -0.4 is 5.32 Å². The summed E-state index contributed by atoms with van der Waals surface area (Å²) in [6, 6.07) is 15.5. The van der Waals surface area contributed by atoms with Gasteiger partial charge in [0.2, 0.25) is 0 Å². The van der Waals surface area contributed by atoms with Gasteiger partial charge in [-0.1, -0.05) is 48.6 Å². The number of thiophene rings is 1. The lowest BCUT2D eigenvalue weighted by atomic mass is 10.0. The molecule has 2 heterocycles. The van der Waals surface area contributed by atoms with Gasteiger partial charge in [-0.15, -0.1) is 11.3 Å². The Morgan fingerprint density at radius 1 is 0.895 bits per heavy atom. The minimum Gasteiger partial charge on any atom is -0.381 e. The molecule has 0 amide bonds. The van der Waals surface area contributed by atoms with E-state index in [0.717, 1.165) is 0 Å². The second-order valence-electron chi connectivity index (χ2n) is 4.71. The predicted molar refractivity (Wildman–Crippen MR) is 83.5 cm³/mol. The minimum atomic E-state index is 0.279. The van der Waals surface area contributed by atoms with E-state index >= 15 is 0 Å². The smallest absolute Gasteiger partial charge is 0.0709 e. The molecule has 3 aromatic rings. The number of fused-ring (bicyclic) bond motifs is 3. The molecular formula is C17H13NS. The highest BCUT2D eigenvalue weighted by atomic mass is 32.1. The Labute approximate surface area is 115 Å². The van der Waals surface area contributed by atoms with Gasteiger partial charge in [-0.3, -0.25) is 0 Å². The summed E-state index contributed by atoms with van der Waals surface area (Å²) in [5.41, 5.74) is 1.36. The number of hydrogen-bond acceptors (Lipinski definition) is 2. The van der Waals surface area contributed by atoms with Crippen molar-refractivity contribution in [1.82, 2.24) is 5.32 Å². The van der Waals surface area contributed by atoms with Gasteiger partial charge in [0.15, 0.2) is 0 Å². The Morgan fingerprint density at radius 2 is 1.79 bits per heavy atom. The van der Waals surface area contributed by atoms with Crippen LogP contribution in [-0.4, -0.2) is 0 Å². The van der Waals surface area contributed by atoms with Crippen LogP contribution in [0.4, 0.5) is 0 Å². The zero-order valence-corrected chi connectivity index (χ0v) is 11.2. The average molecular weight is 263 g/mol. The first-order valence-corrected chi connectivity index (χ1v) is 7.25. The fourth-order valence-corrected chi connectivity index (χ4v) is 3.91. The minimum absolute atomic E-state index is 0.279. The summed E-state index contributed by atoms with van der Waals surface area (Å²) in [4.78, 5) is 0. The molecule has 1 atom stereocenters. The topological polar surface area (TPSA) is 12.0 Å². The van der Waals surface area contributed by atoms with Crippen molar-refractivity contribution < 1.29 is 0 Å². The summed E-state index contributed by atoms with van der Waals surface area (Å²) >= 11 is 1.88. The number of allylic oxidation sites excluding steroid dienone is 2. The van der Waals surface area contributed by atoms with E-state index in [1.54, 1.807) is 0 Å². The molecule has 0 saturated heterocycles. The first kappa shape index (κ1) is 10.8. The molecule has 0 radical (unpaired) electrons. The van der Waals surface area contributed by atoms with Crippen molar-refractivity contribution in [2.45, 2.75) is 6.04 Å². The zero-order chi connectivity index (χ0) is 12.7. The number of dihydropyridines is 1. The standard InChI is InChI=1S/C17H13NS/c1-2-10-16-12(6-1)13-7-5-8-14(17(13)19-16)15-9-3-4-11-18-15/h1-11,15,18H. The molecule has 92 valence electrons. The van der Waals surface area contributed by atoms with Gasteiger partial charge in [0, 0.05) is 20.2 Å². The van der Waals surface area contributed by atoms with Crippen molar-refractivity contribution in [1.29, 1.82) is 0 Å². The Kier molecular flexibility index (Phi) is 2.42. The van der Waals surface area contributed by atoms with Gasteiger partial charge in [0.1, 0.15) is 0 Å². The molecule has 0 saturated carbocycles. The van der Waals surface area contributed by atoms with Crippen LogP contribution in [-0.2, 0) is 0 Å². The Morgan fingerprint density at radius 3 is 2.68 bits per heavy atom. The Bertz CT molecular complexity index is 810. The first-order chi connectivity index (χ1) is 9.43. The molecule has 1 unspecified atom stereocenters. The number of nitrogens with one attached hydrogen (secondary N) is 1. The van der Waals surface area contributed by atoms with Crippen molar-refractivity contribution in [3.05, 3.63) is 72.5 Å². The third kappa shape index (κ3) is 1.68. The number of rotatable bonds is 1. The van der Waals surface area contributed by atoms with Crippen LogP contribution >= 0.6 is 11.3 Å². The molecule has 1 aromatic heterocycles. The summed E-state index contributed by atoms with van der Waals surface area (Å²) in [5, 5.41) is 6.14. The average Bonchev–Trinajstić information content (AvgIpc) is 2.87. The van der Waals surface area contributed by atoms with Crippen LogP contribution in [0.2, 0.25) is 0 Å². The summed E-state index contributed by atoms with van der Waals surface area (Å²) in [5.74, 6) is 0. The van der Waals surface area contributed by atoms with E-state index in [1.807, 2.05) is 23.6 Å². The largest absolute Gasteiger partial charge is 0.381 e. The molecule has 0 fully saturated rings. The maximum Gasteiger partial charge on any atom is 0.0709 e. The zero-order valence-electron chi connectivity index (χ0n) is 10.3. The number of benzene rings is 2. The van der Waals surface area contributed by atoms with Crippen LogP contribution in [0, 0.1) is 0 Å². The normalized spacial score (nSPS) is 18.0. The third-order valence-corrected chi connectivity index (χ3v) is 4.79. The molecule has 2 heteroatoms. The van der Waals surface area contributed by atoms with Crippen molar-refractivity contribution in [2.75, 3.05) is 0 Å². The maximum atomic E-state index is 3.41. The number of hydrogen-bond donors (Lipinski definition) is 1. The second kappa shape index (κ2) is 4.25. The summed E-state index contributed by atoms with van der Waals surface area (Å²) in [6.07, 6.45) is 8.35. The van der Waals surface area contributed by atoms with Crippen LogP contribution in [0.5, 0.6) is 0 Å². The third-order valence-electron chi connectivity index (χ3n) is 3.56. The lowest BCUT2D eigenvalue weighted by Crippen LogP contribution is -2.14. The van der Waals surface area contributed by atoms with Gasteiger partial charge < -0.3 is 5.32 Å². The maximum absolute atomic E-state index is 3.41. The van der Waals surface area contributed by atoms with E-state index in [9.17, 15) is 0 Å². The molecule has 1 N–H and O–H groups in total. The highest BCUT2D eigenvalue weighted by Gasteiger charge is 2.14. The second-order valence-corrected chi connectivity index (χ2v) is 5.76. The van der Waals surface area contributed by atoms with Crippen LogP contribution in [0.3, 0.4) is 0 Å². The summed E-state index contributed by atoms with van der Waals surface area (Å²) < 4.78 is 2.75. The van der Waals surface area contributed by atoms with E-state index in [1.165, 1.54) is 25.7 Å². The van der Waals surface area contributed by atoms with Gasteiger partial charge in [-0.25, -0.2) is 0 Å². The van der Waals surface area contributed by atoms with Gasteiger partial charge >= 0.3 is 0 Å². The fraction of sp³-hybridized carbons (Fsp3) is 0.0588. The molecule has 19 heavy (non-hydrogen) atoms. The monoisotopic (exact) mass is 263 g/mol. The SMILES string of the molecule is C1=CNC(c2cccc3c2sc2ccccc23)C=C1. The van der Waals surface area contributed by atoms with Crippen LogP contribution in [0.15, 0.2) is 66.9 Å². The van der Waals surface area contributed by atoms with Gasteiger partial charge in [0.05, 0.1) is 6.04 Å². The molecule has 1 nitrogen and oxygen atoms in total. The fourth-order valence-electron chi connectivity index (χ4n) is 2.65. The lowest BCUT2D eigenvalue weighted by molar-refractivity contribution is 0.753. The van der Waals surface area contributed by atoms with Crippen molar-refractivity contribution in [3.63, 3.8) is 0 Å². The van der Waals surface area contributed by atoms with Gasteiger partial charge in [-0.2, -0.15) is 0 Å². The lowest BCUT2D eigenvalue weighted by Gasteiger charge is -2.16. The van der Waals surface area contributed by atoms with E-state index in [-0.39, 0.29) is 6.04 Å². The van der Waals surface area contributed by atoms with E-state index in [4.69, 9.17) is 0 Å². The van der Waals surface area contributed by atoms with Crippen LogP contribution in [0.1, 0.15) is 11.6 Å². The quantitative estimate of drug-likeness (QED) is 0.667. The van der Waals surface area contributed by atoms with Crippen molar-refractivity contribution >= 4 is 31.5 Å². The molecule has 1 aliphatic heterocycles. The molecular weight excluding hydrogens is 250 g/mol. The van der Waals surface area contributed by atoms with Gasteiger partial charge in [0.25, 0.3) is 0 Å². The molecule has 0 spiro atoms. The molecule has 2 aromatic carbocycles. The summed E-state index contributed by atoms with van der Waals surface area (Å²) in [6.45, 7) is 0. The highest BCUT2D eigenvalue weighted by molar-refractivity contribution is 7.26.